The van der Waals surface area contributed by atoms with Gasteiger partial charge in [-0.15, -0.1) is 0 Å². The largest absolute Gasteiger partial charge is 0.507 e. The van der Waals surface area contributed by atoms with Crippen LogP contribution in [0.25, 0.3) is 5.76 Å². The maximum Gasteiger partial charge on any atom is 0.376 e. The number of carbonyl (C=O) groups is 2. The van der Waals surface area contributed by atoms with Gasteiger partial charge in [0.2, 0.25) is 0 Å². The number of hydrogen-bond donors (Lipinski definition) is 3. The third-order valence-corrected chi connectivity index (χ3v) is 3.48. The first kappa shape index (κ1) is 14.0. The van der Waals surface area contributed by atoms with E-state index in [9.17, 15) is 14.7 Å². The Bertz CT molecular complexity index is 661. The smallest absolute Gasteiger partial charge is 0.376 e. The van der Waals surface area contributed by atoms with Crippen molar-refractivity contribution in [2.45, 2.75) is 9.92 Å². The van der Waals surface area contributed by atoms with Crippen molar-refractivity contribution in [3.63, 3.8) is 0 Å². The summed E-state index contributed by atoms with van der Waals surface area (Å²) in [6, 6.07) is 11.0. The molecule has 1 heterocycles. The summed E-state index contributed by atoms with van der Waals surface area (Å²) >= 11 is 1.37. The van der Waals surface area contributed by atoms with Gasteiger partial charge in [-0.2, -0.15) is 0 Å². The van der Waals surface area contributed by atoms with Crippen LogP contribution in [-0.4, -0.2) is 26.9 Å². The van der Waals surface area contributed by atoms with E-state index in [0.717, 1.165) is 4.90 Å². The summed E-state index contributed by atoms with van der Waals surface area (Å²) in [5.74, 6) is -3.15. The Balaban J connectivity index is 2.25. The fraction of sp³-hybridized carbons (Fsp3) is 0. The summed E-state index contributed by atoms with van der Waals surface area (Å²) in [6.07, 6.45) is 2.30. The highest BCUT2D eigenvalue weighted by molar-refractivity contribution is 7.99. The summed E-state index contributed by atoms with van der Waals surface area (Å²) in [7, 11) is 0. The van der Waals surface area contributed by atoms with Gasteiger partial charge in [0.1, 0.15) is 5.76 Å². The van der Waals surface area contributed by atoms with Gasteiger partial charge in [-0.1, -0.05) is 30.0 Å². The highest BCUT2D eigenvalue weighted by Gasteiger charge is 2.14. The molecule has 0 unspecified atom stereocenters. The molecule has 0 spiro atoms. The van der Waals surface area contributed by atoms with Crippen molar-refractivity contribution >= 4 is 29.3 Å². The number of carboxylic acid groups (broad SMARTS) is 1. The average Bonchev–Trinajstić information content (AvgIpc) is 2.88. The predicted octanol–water partition coefficient (Wildman–Crippen LogP) is 2.72. The van der Waals surface area contributed by atoms with Gasteiger partial charge >= 0.3 is 5.97 Å². The summed E-state index contributed by atoms with van der Waals surface area (Å²) in [4.78, 5) is 25.4. The van der Waals surface area contributed by atoms with Crippen LogP contribution in [0, 0.1) is 0 Å². The maximum absolute atomic E-state index is 11.1. The Morgan fingerprint density at radius 3 is 2.45 bits per heavy atom. The Kier molecular flexibility index (Phi) is 4.27. The van der Waals surface area contributed by atoms with Crippen LogP contribution in [0.4, 0.5) is 0 Å². The number of carbonyl (C=O) groups excluding carboxylic acids is 1. The molecule has 3 N–H and O–H groups in total. The minimum Gasteiger partial charge on any atom is -0.507 e. The van der Waals surface area contributed by atoms with Gasteiger partial charge < -0.3 is 15.2 Å². The van der Waals surface area contributed by atoms with Crippen LogP contribution >= 0.6 is 11.8 Å². The van der Waals surface area contributed by atoms with Crippen LogP contribution in [-0.2, 0) is 9.59 Å². The number of aliphatic hydroxyl groups is 1. The van der Waals surface area contributed by atoms with Gasteiger partial charge in [-0.05, 0) is 18.2 Å². The molecule has 2 aromatic rings. The number of hydrogen-bond acceptors (Lipinski definition) is 4. The van der Waals surface area contributed by atoms with Gasteiger partial charge in [-0.25, -0.2) is 4.79 Å². The molecule has 0 bridgehead atoms. The number of benzene rings is 1. The number of aliphatic carboxylic acids is 1. The Morgan fingerprint density at radius 1 is 1.10 bits per heavy atom. The predicted molar refractivity (Wildman–Crippen MR) is 74.6 cm³/mol. The molecule has 0 aliphatic heterocycles. The van der Waals surface area contributed by atoms with Gasteiger partial charge in [-0.3, -0.25) is 4.79 Å². The second kappa shape index (κ2) is 6.12. The number of aliphatic hydroxyl groups excluding tert-OH is 1. The molecular weight excluding hydrogens is 278 g/mol. The molecule has 0 saturated heterocycles. The molecule has 0 radical (unpaired) electrons. The monoisotopic (exact) mass is 289 g/mol. The van der Waals surface area contributed by atoms with Crippen molar-refractivity contribution in [1.82, 2.24) is 4.98 Å². The van der Waals surface area contributed by atoms with E-state index in [0.29, 0.717) is 16.7 Å². The number of nitrogens with one attached hydrogen (secondary N) is 1. The van der Waals surface area contributed by atoms with Crippen molar-refractivity contribution in [3.8, 4) is 0 Å². The number of aromatic nitrogens is 1. The third kappa shape index (κ3) is 3.30. The van der Waals surface area contributed by atoms with Gasteiger partial charge in [0, 0.05) is 22.7 Å². The minimum absolute atomic E-state index is 0.378. The molecule has 0 amide bonds. The first-order valence-electron chi connectivity index (χ1n) is 5.66. The van der Waals surface area contributed by atoms with Crippen LogP contribution in [0.2, 0.25) is 0 Å². The van der Waals surface area contributed by atoms with Crippen LogP contribution in [0.1, 0.15) is 5.56 Å². The Morgan fingerprint density at radius 2 is 1.80 bits per heavy atom. The van der Waals surface area contributed by atoms with Crippen LogP contribution in [0.15, 0.2) is 58.6 Å². The number of ketones is 1. The molecule has 1 aromatic carbocycles. The topological polar surface area (TPSA) is 90.4 Å². The number of H-pyrrole nitrogens is 1. The first-order valence-corrected chi connectivity index (χ1v) is 6.48. The molecule has 0 aliphatic rings. The zero-order chi connectivity index (χ0) is 14.5. The standard InChI is InChI=1S/C14H11NO4S/c16-11(8-12(17)14(18)19)10-6-7-15-13(10)20-9-4-2-1-3-5-9/h1-8,15-16H,(H,18,19). The lowest BCUT2D eigenvalue weighted by atomic mass is 10.2. The van der Waals surface area contributed by atoms with E-state index < -0.39 is 11.8 Å². The van der Waals surface area contributed by atoms with Crippen molar-refractivity contribution in [2.24, 2.45) is 0 Å². The summed E-state index contributed by atoms with van der Waals surface area (Å²) in [6.45, 7) is 0. The SMILES string of the molecule is O=C(O)C(=O)C=C(O)c1cc[nH]c1Sc1ccccc1. The highest BCUT2D eigenvalue weighted by atomic mass is 32.2. The van der Waals surface area contributed by atoms with E-state index in [4.69, 9.17) is 5.11 Å². The van der Waals surface area contributed by atoms with Gasteiger partial charge in [0.15, 0.2) is 0 Å². The summed E-state index contributed by atoms with van der Waals surface area (Å²) in [5, 5.41) is 19.0. The number of aromatic amines is 1. The van der Waals surface area contributed by atoms with E-state index in [2.05, 4.69) is 4.98 Å². The fourth-order valence-corrected chi connectivity index (χ4v) is 2.45. The average molecular weight is 289 g/mol. The van der Waals surface area contributed by atoms with Crippen molar-refractivity contribution in [1.29, 1.82) is 0 Å². The third-order valence-electron chi connectivity index (χ3n) is 2.43. The molecular formula is C14H11NO4S. The Labute approximate surface area is 119 Å². The zero-order valence-electron chi connectivity index (χ0n) is 10.2. The molecule has 0 fully saturated rings. The second-order valence-corrected chi connectivity index (χ2v) is 4.92. The molecule has 6 heteroatoms. The fourth-order valence-electron chi connectivity index (χ4n) is 1.51. The quantitative estimate of drug-likeness (QED) is 0.447. The van der Waals surface area contributed by atoms with Gasteiger partial charge in [0.05, 0.1) is 5.03 Å². The molecule has 0 atom stereocenters. The Hall–Kier alpha value is -2.47. The molecule has 0 aliphatic carbocycles. The first-order chi connectivity index (χ1) is 9.58. The lowest BCUT2D eigenvalue weighted by molar-refractivity contribution is -0.146. The van der Waals surface area contributed by atoms with Crippen LogP contribution < -0.4 is 0 Å². The molecule has 0 saturated carbocycles. The van der Waals surface area contributed by atoms with E-state index in [1.165, 1.54) is 11.8 Å². The second-order valence-electron chi connectivity index (χ2n) is 3.83. The molecule has 2 rings (SSSR count). The van der Waals surface area contributed by atoms with Gasteiger partial charge in [0.25, 0.3) is 5.78 Å². The van der Waals surface area contributed by atoms with Crippen LogP contribution in [0.3, 0.4) is 0 Å². The molecule has 1 aromatic heterocycles. The lowest BCUT2D eigenvalue weighted by Crippen LogP contribution is -2.09. The minimum atomic E-state index is -1.61. The van der Waals surface area contributed by atoms with Crippen molar-refractivity contribution in [2.75, 3.05) is 0 Å². The summed E-state index contributed by atoms with van der Waals surface area (Å²) < 4.78 is 0. The lowest BCUT2D eigenvalue weighted by Gasteiger charge is -2.03. The van der Waals surface area contributed by atoms with E-state index >= 15 is 0 Å². The summed E-state index contributed by atoms with van der Waals surface area (Å²) in [5.41, 5.74) is 0.383. The number of carboxylic acids is 1. The van der Waals surface area contributed by atoms with Crippen LogP contribution in [0.5, 0.6) is 0 Å². The van der Waals surface area contributed by atoms with Crippen molar-refractivity contribution < 1.29 is 19.8 Å². The van der Waals surface area contributed by atoms with Crippen molar-refractivity contribution in [3.05, 3.63) is 54.2 Å². The number of rotatable bonds is 5. The zero-order valence-corrected chi connectivity index (χ0v) is 11.1. The van der Waals surface area contributed by atoms with E-state index in [1.807, 2.05) is 30.3 Å². The highest BCUT2D eigenvalue weighted by Crippen LogP contribution is 2.31. The molecule has 5 nitrogen and oxygen atoms in total. The molecule has 102 valence electrons. The normalized spacial score (nSPS) is 11.3. The van der Waals surface area contributed by atoms with E-state index in [-0.39, 0.29) is 5.76 Å². The van der Waals surface area contributed by atoms with E-state index in [1.54, 1.807) is 12.3 Å². The molecule has 20 heavy (non-hydrogen) atoms. The maximum atomic E-state index is 11.1.